The Morgan fingerprint density at radius 3 is 2.90 bits per heavy atom. The predicted octanol–water partition coefficient (Wildman–Crippen LogP) is 2.66. The van der Waals surface area contributed by atoms with Gasteiger partial charge in [0.05, 0.1) is 12.1 Å². The summed E-state index contributed by atoms with van der Waals surface area (Å²) in [7, 11) is 0. The number of hydrogen-bond acceptors (Lipinski definition) is 4. The van der Waals surface area contributed by atoms with Crippen LogP contribution in [0.1, 0.15) is 5.56 Å². The van der Waals surface area contributed by atoms with Crippen LogP contribution in [0.5, 0.6) is 5.75 Å². The van der Waals surface area contributed by atoms with Gasteiger partial charge in [-0.2, -0.15) is 0 Å². The van der Waals surface area contributed by atoms with E-state index in [4.69, 9.17) is 5.73 Å². The molecule has 3 rings (SSSR count). The van der Waals surface area contributed by atoms with Crippen LogP contribution in [0.4, 0.5) is 11.4 Å². The second-order valence-electron chi connectivity index (χ2n) is 4.93. The maximum absolute atomic E-state index is 12.6. The van der Waals surface area contributed by atoms with Crippen LogP contribution >= 0.6 is 11.8 Å². The van der Waals surface area contributed by atoms with Crippen LogP contribution in [0.2, 0.25) is 0 Å². The van der Waals surface area contributed by atoms with Gasteiger partial charge in [-0.05, 0) is 24.3 Å². The number of carbonyl (C=O) groups excluding carboxylic acids is 1. The van der Waals surface area contributed by atoms with E-state index in [9.17, 15) is 9.90 Å². The van der Waals surface area contributed by atoms with Crippen molar-refractivity contribution in [3.63, 3.8) is 0 Å². The van der Waals surface area contributed by atoms with Gasteiger partial charge in [-0.1, -0.05) is 18.2 Å². The monoisotopic (exact) mass is 300 g/mol. The Bertz CT molecular complexity index is 688. The van der Waals surface area contributed by atoms with Crippen LogP contribution in [0, 0.1) is 0 Å². The van der Waals surface area contributed by atoms with Crippen molar-refractivity contribution in [2.24, 2.45) is 0 Å². The van der Waals surface area contributed by atoms with Crippen molar-refractivity contribution in [3.05, 3.63) is 48.0 Å². The highest BCUT2D eigenvalue weighted by Gasteiger charge is 2.23. The van der Waals surface area contributed by atoms with Crippen molar-refractivity contribution in [1.29, 1.82) is 0 Å². The van der Waals surface area contributed by atoms with E-state index in [1.54, 1.807) is 34.9 Å². The fourth-order valence-corrected chi connectivity index (χ4v) is 3.39. The van der Waals surface area contributed by atoms with E-state index in [-0.39, 0.29) is 18.1 Å². The van der Waals surface area contributed by atoms with Gasteiger partial charge in [0.1, 0.15) is 5.75 Å². The smallest absolute Gasteiger partial charge is 0.231 e. The van der Waals surface area contributed by atoms with Gasteiger partial charge in [0.2, 0.25) is 5.91 Å². The molecule has 0 fully saturated rings. The van der Waals surface area contributed by atoms with E-state index in [2.05, 4.69) is 0 Å². The van der Waals surface area contributed by atoms with E-state index < -0.39 is 0 Å². The first-order valence-corrected chi connectivity index (χ1v) is 7.73. The molecular formula is C16H16N2O2S. The number of nitrogens with zero attached hydrogens (tertiary/aromatic N) is 1. The Kier molecular flexibility index (Phi) is 3.75. The third kappa shape index (κ3) is 2.83. The third-order valence-electron chi connectivity index (χ3n) is 3.48. The zero-order valence-corrected chi connectivity index (χ0v) is 12.3. The highest BCUT2D eigenvalue weighted by atomic mass is 32.2. The summed E-state index contributed by atoms with van der Waals surface area (Å²) in [5.41, 5.74) is 8.00. The standard InChI is InChI=1S/C16H16N2O2S/c17-12-5-6-15-13(10-12)18(7-8-21-15)16(20)9-11-3-1-2-4-14(11)19/h1-6,10,19H,7-9,17H2. The fourth-order valence-electron chi connectivity index (χ4n) is 2.41. The molecule has 3 N–H and O–H groups in total. The number of thioether (sulfide) groups is 1. The number of hydrogen-bond donors (Lipinski definition) is 2. The summed E-state index contributed by atoms with van der Waals surface area (Å²) in [6.45, 7) is 0.660. The number of rotatable bonds is 2. The van der Waals surface area contributed by atoms with Gasteiger partial charge in [-0.25, -0.2) is 0 Å². The lowest BCUT2D eigenvalue weighted by molar-refractivity contribution is -0.118. The molecule has 2 aromatic carbocycles. The molecule has 2 aromatic rings. The SMILES string of the molecule is Nc1ccc2c(c1)N(C(=O)Cc1ccccc1O)CCS2. The summed E-state index contributed by atoms with van der Waals surface area (Å²) in [6.07, 6.45) is 0.186. The molecule has 108 valence electrons. The lowest BCUT2D eigenvalue weighted by Gasteiger charge is -2.29. The van der Waals surface area contributed by atoms with Gasteiger partial charge in [-0.15, -0.1) is 11.8 Å². The highest BCUT2D eigenvalue weighted by Crippen LogP contribution is 2.36. The molecule has 0 bridgehead atoms. The topological polar surface area (TPSA) is 66.6 Å². The van der Waals surface area contributed by atoms with Gasteiger partial charge >= 0.3 is 0 Å². The molecule has 4 nitrogen and oxygen atoms in total. The molecule has 0 spiro atoms. The normalized spacial score (nSPS) is 13.8. The van der Waals surface area contributed by atoms with E-state index in [0.717, 1.165) is 16.3 Å². The van der Waals surface area contributed by atoms with Crippen molar-refractivity contribution in [2.75, 3.05) is 22.9 Å². The summed E-state index contributed by atoms with van der Waals surface area (Å²) in [5.74, 6) is 0.998. The molecule has 1 heterocycles. The number of nitrogens with two attached hydrogens (primary N) is 1. The molecule has 0 aromatic heterocycles. The van der Waals surface area contributed by atoms with Crippen LogP contribution < -0.4 is 10.6 Å². The molecular weight excluding hydrogens is 284 g/mol. The Morgan fingerprint density at radius 1 is 1.29 bits per heavy atom. The number of para-hydroxylation sites is 1. The first-order chi connectivity index (χ1) is 10.1. The van der Waals surface area contributed by atoms with Crippen molar-refractivity contribution in [1.82, 2.24) is 0 Å². The Labute approximate surface area is 127 Å². The molecule has 1 aliphatic rings. The molecule has 0 unspecified atom stereocenters. The third-order valence-corrected chi connectivity index (χ3v) is 4.52. The summed E-state index contributed by atoms with van der Waals surface area (Å²) in [5, 5.41) is 9.80. The van der Waals surface area contributed by atoms with Crippen molar-refractivity contribution >= 4 is 29.0 Å². The lowest BCUT2D eigenvalue weighted by Crippen LogP contribution is -2.36. The number of aromatic hydroxyl groups is 1. The summed E-state index contributed by atoms with van der Waals surface area (Å²) in [6, 6.07) is 12.6. The van der Waals surface area contributed by atoms with E-state index in [0.29, 0.717) is 17.8 Å². The zero-order chi connectivity index (χ0) is 14.8. The summed E-state index contributed by atoms with van der Waals surface area (Å²) >= 11 is 1.73. The number of benzene rings is 2. The highest BCUT2D eigenvalue weighted by molar-refractivity contribution is 7.99. The zero-order valence-electron chi connectivity index (χ0n) is 11.5. The molecule has 0 atom stereocenters. The average Bonchev–Trinajstić information content (AvgIpc) is 2.49. The van der Waals surface area contributed by atoms with Gasteiger partial charge in [0.15, 0.2) is 0 Å². The Balaban J connectivity index is 1.87. The number of anilines is 2. The number of phenols is 1. The minimum atomic E-state index is -0.0244. The van der Waals surface area contributed by atoms with Crippen LogP contribution in [0.25, 0.3) is 0 Å². The van der Waals surface area contributed by atoms with Crippen molar-refractivity contribution in [3.8, 4) is 5.75 Å². The van der Waals surface area contributed by atoms with Crippen LogP contribution in [-0.4, -0.2) is 23.3 Å². The minimum Gasteiger partial charge on any atom is -0.508 e. The van der Waals surface area contributed by atoms with Crippen LogP contribution in [0.3, 0.4) is 0 Å². The second-order valence-corrected chi connectivity index (χ2v) is 6.06. The lowest BCUT2D eigenvalue weighted by atomic mass is 10.1. The first kappa shape index (κ1) is 13.8. The largest absolute Gasteiger partial charge is 0.508 e. The first-order valence-electron chi connectivity index (χ1n) is 6.75. The molecule has 1 aliphatic heterocycles. The fraction of sp³-hybridized carbons (Fsp3) is 0.188. The number of nitrogen functional groups attached to an aromatic ring is 1. The molecule has 5 heteroatoms. The molecule has 0 aliphatic carbocycles. The van der Waals surface area contributed by atoms with Crippen LogP contribution in [-0.2, 0) is 11.2 Å². The van der Waals surface area contributed by atoms with Crippen LogP contribution in [0.15, 0.2) is 47.4 Å². The van der Waals surface area contributed by atoms with Crippen molar-refractivity contribution < 1.29 is 9.90 Å². The van der Waals surface area contributed by atoms with E-state index >= 15 is 0 Å². The molecule has 0 saturated heterocycles. The Hall–Kier alpha value is -2.14. The molecule has 0 saturated carbocycles. The van der Waals surface area contributed by atoms with E-state index in [1.807, 2.05) is 24.3 Å². The predicted molar refractivity (Wildman–Crippen MR) is 85.7 cm³/mol. The second kappa shape index (κ2) is 5.69. The number of carbonyl (C=O) groups is 1. The maximum Gasteiger partial charge on any atom is 0.231 e. The Morgan fingerprint density at radius 2 is 2.10 bits per heavy atom. The van der Waals surface area contributed by atoms with Crippen molar-refractivity contribution in [2.45, 2.75) is 11.3 Å². The molecule has 21 heavy (non-hydrogen) atoms. The molecule has 1 amide bonds. The average molecular weight is 300 g/mol. The number of amides is 1. The maximum atomic E-state index is 12.6. The van der Waals surface area contributed by atoms with E-state index in [1.165, 1.54) is 0 Å². The summed E-state index contributed by atoms with van der Waals surface area (Å²) in [4.78, 5) is 15.4. The summed E-state index contributed by atoms with van der Waals surface area (Å²) < 4.78 is 0. The van der Waals surface area contributed by atoms with Gasteiger partial charge in [-0.3, -0.25) is 4.79 Å². The molecule has 0 radical (unpaired) electrons. The van der Waals surface area contributed by atoms with Gasteiger partial charge in [0.25, 0.3) is 0 Å². The minimum absolute atomic E-state index is 0.0244. The van der Waals surface area contributed by atoms with Gasteiger partial charge < -0.3 is 15.7 Å². The quantitative estimate of drug-likeness (QED) is 0.837. The van der Waals surface area contributed by atoms with Gasteiger partial charge in [0, 0.05) is 28.4 Å². The number of fused-ring (bicyclic) bond motifs is 1. The number of phenolic OH excluding ortho intramolecular Hbond substituents is 1.